The molecule has 144 valence electrons. The Kier molecular flexibility index (Phi) is 6.54. The van der Waals surface area contributed by atoms with E-state index in [9.17, 15) is 18.0 Å². The topological polar surface area (TPSA) is 128 Å². The van der Waals surface area contributed by atoms with Crippen LogP contribution in [0.2, 0.25) is 0 Å². The number of amides is 2. The first kappa shape index (κ1) is 20.4. The molecule has 4 N–H and O–H groups in total. The Hall–Kier alpha value is -2.91. The van der Waals surface area contributed by atoms with Crippen molar-refractivity contribution >= 4 is 27.5 Å². The number of nitrogens with two attached hydrogens (primary N) is 1. The van der Waals surface area contributed by atoms with Crippen LogP contribution >= 0.6 is 0 Å². The van der Waals surface area contributed by atoms with E-state index in [0.29, 0.717) is 0 Å². The lowest BCUT2D eigenvalue weighted by atomic mass is 10.0. The van der Waals surface area contributed by atoms with Crippen molar-refractivity contribution in [3.05, 3.63) is 54.1 Å². The summed E-state index contributed by atoms with van der Waals surface area (Å²) in [6, 6.07) is 12.7. The van der Waals surface area contributed by atoms with E-state index in [2.05, 4.69) is 10.6 Å². The second-order valence-electron chi connectivity index (χ2n) is 5.83. The summed E-state index contributed by atoms with van der Waals surface area (Å²) in [5, 5.41) is 10.5. The zero-order valence-electron chi connectivity index (χ0n) is 14.9. The molecule has 2 rings (SSSR count). The summed E-state index contributed by atoms with van der Waals surface area (Å²) in [5.41, 5.74) is 1.03. The summed E-state index contributed by atoms with van der Waals surface area (Å²) in [5.74, 6) is -0.586. The zero-order chi connectivity index (χ0) is 20.0. The highest BCUT2D eigenvalue weighted by Gasteiger charge is 2.19. The van der Waals surface area contributed by atoms with Crippen LogP contribution in [0, 0.1) is 0 Å². The van der Waals surface area contributed by atoms with Crippen molar-refractivity contribution in [2.24, 2.45) is 5.14 Å². The number of benzene rings is 2. The molecule has 9 heteroatoms. The Morgan fingerprint density at radius 2 is 1.81 bits per heavy atom. The normalized spacial score (nSPS) is 12.1. The molecule has 27 heavy (non-hydrogen) atoms. The first-order chi connectivity index (χ1) is 12.7. The largest absolute Gasteiger partial charge is 0.495 e. The standard InChI is InChI=1S/C18H21N3O5S/c1-12(22)20-15(13-6-4-3-5-7-13)11-18(23)21-14-8-9-16(26-2)17(10-14)27(19,24)25/h3-10,15H,11H2,1-2H3,(H,20,22)(H,21,23)(H2,19,24,25)/t15-/m1/s1. The summed E-state index contributed by atoms with van der Waals surface area (Å²) in [6.45, 7) is 1.37. The summed E-state index contributed by atoms with van der Waals surface area (Å²) < 4.78 is 28.3. The van der Waals surface area contributed by atoms with Gasteiger partial charge >= 0.3 is 0 Å². The van der Waals surface area contributed by atoms with Crippen LogP contribution in [0.1, 0.15) is 24.9 Å². The lowest BCUT2D eigenvalue weighted by molar-refractivity contribution is -0.120. The SMILES string of the molecule is COc1ccc(NC(=O)C[C@@H](NC(C)=O)c2ccccc2)cc1S(N)(=O)=O. The zero-order valence-corrected chi connectivity index (χ0v) is 15.7. The molecule has 0 saturated heterocycles. The van der Waals surface area contributed by atoms with Crippen molar-refractivity contribution in [1.29, 1.82) is 0 Å². The average molecular weight is 391 g/mol. The quantitative estimate of drug-likeness (QED) is 0.660. The summed E-state index contributed by atoms with van der Waals surface area (Å²) in [4.78, 5) is 23.6. The fourth-order valence-electron chi connectivity index (χ4n) is 2.56. The number of nitrogens with one attached hydrogen (secondary N) is 2. The van der Waals surface area contributed by atoms with E-state index in [1.165, 1.54) is 32.2 Å². The van der Waals surface area contributed by atoms with Crippen LogP contribution in [0.5, 0.6) is 5.75 Å². The minimum atomic E-state index is -4.02. The third-order valence-electron chi connectivity index (χ3n) is 3.72. The van der Waals surface area contributed by atoms with Gasteiger partial charge in [-0.2, -0.15) is 0 Å². The van der Waals surface area contributed by atoms with E-state index in [-0.39, 0.29) is 28.7 Å². The summed E-state index contributed by atoms with van der Waals surface area (Å²) in [6.07, 6.45) is -0.0274. The maximum Gasteiger partial charge on any atom is 0.241 e. The highest BCUT2D eigenvalue weighted by molar-refractivity contribution is 7.89. The van der Waals surface area contributed by atoms with Gasteiger partial charge in [0.05, 0.1) is 19.6 Å². The number of rotatable bonds is 7. The molecule has 0 aliphatic rings. The van der Waals surface area contributed by atoms with Gasteiger partial charge in [0.25, 0.3) is 0 Å². The third-order valence-corrected chi connectivity index (χ3v) is 4.65. The average Bonchev–Trinajstić information content (AvgIpc) is 2.60. The number of sulfonamides is 1. The van der Waals surface area contributed by atoms with Crippen LogP contribution in [0.25, 0.3) is 0 Å². The highest BCUT2D eigenvalue weighted by Crippen LogP contribution is 2.26. The Labute approximate surface area is 157 Å². The molecule has 0 heterocycles. The second-order valence-corrected chi connectivity index (χ2v) is 7.36. The molecule has 0 fully saturated rings. The molecule has 0 spiro atoms. The number of anilines is 1. The Balaban J connectivity index is 2.19. The van der Waals surface area contributed by atoms with Gasteiger partial charge in [0.2, 0.25) is 21.8 Å². The number of ether oxygens (including phenoxy) is 1. The summed E-state index contributed by atoms with van der Waals surface area (Å²) >= 11 is 0. The van der Waals surface area contributed by atoms with Gasteiger partial charge in [0, 0.05) is 12.6 Å². The van der Waals surface area contributed by atoms with Crippen LogP contribution in [-0.2, 0) is 19.6 Å². The van der Waals surface area contributed by atoms with E-state index >= 15 is 0 Å². The number of carbonyl (C=O) groups excluding carboxylic acids is 2. The molecule has 0 saturated carbocycles. The van der Waals surface area contributed by atoms with Gasteiger partial charge in [-0.3, -0.25) is 9.59 Å². The van der Waals surface area contributed by atoms with Gasteiger partial charge in [-0.05, 0) is 23.8 Å². The first-order valence-electron chi connectivity index (χ1n) is 8.03. The number of carbonyl (C=O) groups is 2. The molecule has 0 bridgehead atoms. The Bertz CT molecular complexity index is 929. The van der Waals surface area contributed by atoms with E-state index in [0.717, 1.165) is 5.56 Å². The van der Waals surface area contributed by atoms with Gasteiger partial charge in [-0.15, -0.1) is 0 Å². The minimum absolute atomic E-state index is 0.0274. The van der Waals surface area contributed by atoms with Crippen molar-refractivity contribution in [2.45, 2.75) is 24.3 Å². The molecule has 8 nitrogen and oxygen atoms in total. The minimum Gasteiger partial charge on any atom is -0.495 e. The third kappa shape index (κ3) is 5.80. The smallest absolute Gasteiger partial charge is 0.241 e. The molecule has 0 aliphatic carbocycles. The maximum atomic E-state index is 12.4. The van der Waals surface area contributed by atoms with Crippen LogP contribution in [0.3, 0.4) is 0 Å². The number of hydrogen-bond donors (Lipinski definition) is 3. The van der Waals surface area contributed by atoms with Gasteiger partial charge in [0.1, 0.15) is 10.6 Å². The predicted octanol–water partition coefficient (Wildman–Crippen LogP) is 1.55. The fraction of sp³-hybridized carbons (Fsp3) is 0.222. The van der Waals surface area contributed by atoms with Gasteiger partial charge in [-0.25, -0.2) is 13.6 Å². The molecule has 0 unspecified atom stereocenters. The van der Waals surface area contributed by atoms with Crippen LogP contribution in [-0.4, -0.2) is 27.3 Å². The van der Waals surface area contributed by atoms with Crippen molar-refractivity contribution in [3.63, 3.8) is 0 Å². The fourth-order valence-corrected chi connectivity index (χ4v) is 3.28. The molecular weight excluding hydrogens is 370 g/mol. The number of primary sulfonamides is 1. The van der Waals surface area contributed by atoms with Gasteiger partial charge in [0.15, 0.2) is 0 Å². The molecule has 2 aromatic carbocycles. The first-order valence-corrected chi connectivity index (χ1v) is 9.58. The maximum absolute atomic E-state index is 12.4. The van der Waals surface area contributed by atoms with Gasteiger partial charge < -0.3 is 15.4 Å². The second kappa shape index (κ2) is 8.65. The molecule has 1 atom stereocenters. The van der Waals surface area contributed by atoms with Crippen molar-refractivity contribution in [2.75, 3.05) is 12.4 Å². The molecular formula is C18H21N3O5S. The molecule has 0 aliphatic heterocycles. The molecule has 2 aromatic rings. The van der Waals surface area contributed by atoms with Crippen molar-refractivity contribution in [1.82, 2.24) is 5.32 Å². The van der Waals surface area contributed by atoms with Crippen LogP contribution in [0.4, 0.5) is 5.69 Å². The molecule has 2 amide bonds. The lowest BCUT2D eigenvalue weighted by Crippen LogP contribution is -2.29. The van der Waals surface area contributed by atoms with Gasteiger partial charge in [-0.1, -0.05) is 30.3 Å². The summed E-state index contributed by atoms with van der Waals surface area (Å²) in [7, 11) is -2.70. The molecule has 0 aromatic heterocycles. The van der Waals surface area contributed by atoms with Crippen LogP contribution in [0.15, 0.2) is 53.4 Å². The van der Waals surface area contributed by atoms with E-state index in [4.69, 9.17) is 9.88 Å². The number of hydrogen-bond acceptors (Lipinski definition) is 5. The predicted molar refractivity (Wildman–Crippen MR) is 101 cm³/mol. The van der Waals surface area contributed by atoms with E-state index < -0.39 is 22.0 Å². The van der Waals surface area contributed by atoms with Crippen molar-refractivity contribution in [3.8, 4) is 5.75 Å². The number of methoxy groups -OCH3 is 1. The Morgan fingerprint density at radius 3 is 2.37 bits per heavy atom. The van der Waals surface area contributed by atoms with Crippen molar-refractivity contribution < 1.29 is 22.7 Å². The monoisotopic (exact) mass is 391 g/mol. The highest BCUT2D eigenvalue weighted by atomic mass is 32.2. The Morgan fingerprint density at radius 1 is 1.15 bits per heavy atom. The van der Waals surface area contributed by atoms with E-state index in [1.54, 1.807) is 12.1 Å². The molecule has 0 radical (unpaired) electrons. The van der Waals surface area contributed by atoms with E-state index in [1.807, 2.05) is 18.2 Å². The lowest BCUT2D eigenvalue weighted by Gasteiger charge is -2.18. The van der Waals surface area contributed by atoms with Crippen LogP contribution < -0.4 is 20.5 Å².